The van der Waals surface area contributed by atoms with Crippen molar-refractivity contribution >= 4 is 48.6 Å². The first-order valence-electron chi connectivity index (χ1n) is 7.79. The molecule has 4 nitrogen and oxygen atoms in total. The second-order valence-electron chi connectivity index (χ2n) is 5.64. The van der Waals surface area contributed by atoms with Crippen molar-refractivity contribution in [1.82, 2.24) is 0 Å². The van der Waals surface area contributed by atoms with Crippen LogP contribution in [-0.2, 0) is 0 Å². The van der Waals surface area contributed by atoms with Gasteiger partial charge in [-0.2, -0.15) is 0 Å². The van der Waals surface area contributed by atoms with Crippen LogP contribution in [-0.4, -0.2) is 35.0 Å². The Balaban J connectivity index is 2.52. The zero-order chi connectivity index (χ0) is 20.1. The highest BCUT2D eigenvalue weighted by atomic mass is 32.2. The summed E-state index contributed by atoms with van der Waals surface area (Å²) < 4.78 is 0. The largest absolute Gasteiger partial charge is 0.392 e. The lowest BCUT2D eigenvalue weighted by molar-refractivity contribution is 0.101. The van der Waals surface area contributed by atoms with Crippen molar-refractivity contribution in [3.8, 4) is 0 Å². The molecule has 27 heavy (non-hydrogen) atoms. The minimum absolute atomic E-state index is 0.0615. The number of benzene rings is 2. The van der Waals surface area contributed by atoms with E-state index in [9.17, 15) is 19.8 Å². The predicted molar refractivity (Wildman–Crippen MR) is 113 cm³/mol. The second-order valence-corrected chi connectivity index (χ2v) is 7.76. The van der Waals surface area contributed by atoms with Crippen LogP contribution in [0.4, 0.5) is 0 Å². The lowest BCUT2D eigenvalue weighted by atomic mass is 10.1. The Hall–Kier alpha value is -1.77. The van der Waals surface area contributed by atoms with Crippen LogP contribution in [0.2, 0.25) is 0 Å². The van der Waals surface area contributed by atoms with Crippen LogP contribution in [0, 0.1) is 0 Å². The van der Waals surface area contributed by atoms with E-state index in [-0.39, 0.29) is 11.1 Å². The van der Waals surface area contributed by atoms with Gasteiger partial charge in [-0.15, -0.1) is 25.3 Å². The van der Waals surface area contributed by atoms with E-state index >= 15 is 0 Å². The molecule has 0 fully saturated rings. The Morgan fingerprint density at radius 2 is 1.19 bits per heavy atom. The fourth-order valence-electron chi connectivity index (χ4n) is 2.21. The standard InChI is InChI=1S/C20H18O4S3/c1-11(9-21)19(23)15-7-13(25)3-5-17(15)27-18-6-4-14(26)8-16(18)20(24)12(2)10-22/h3-8,21-22,25-26H,1-2,9-10H2. The van der Waals surface area contributed by atoms with Crippen LogP contribution in [0.3, 0.4) is 0 Å². The van der Waals surface area contributed by atoms with E-state index in [1.54, 1.807) is 36.4 Å². The van der Waals surface area contributed by atoms with E-state index in [2.05, 4.69) is 38.4 Å². The topological polar surface area (TPSA) is 74.6 Å². The predicted octanol–water partition coefficient (Wildman–Crippen LogP) is 3.88. The summed E-state index contributed by atoms with van der Waals surface area (Å²) in [4.78, 5) is 27.4. The second kappa shape index (κ2) is 9.43. The number of hydrogen-bond acceptors (Lipinski definition) is 7. The van der Waals surface area contributed by atoms with Crippen molar-refractivity contribution in [3.63, 3.8) is 0 Å². The average molecular weight is 419 g/mol. The minimum Gasteiger partial charge on any atom is -0.392 e. The monoisotopic (exact) mass is 418 g/mol. The van der Waals surface area contributed by atoms with Gasteiger partial charge < -0.3 is 10.2 Å². The van der Waals surface area contributed by atoms with Gasteiger partial charge in [-0.25, -0.2) is 0 Å². The molecule has 0 bridgehead atoms. The Morgan fingerprint density at radius 1 is 0.815 bits per heavy atom. The van der Waals surface area contributed by atoms with E-state index in [1.165, 1.54) is 11.8 Å². The van der Waals surface area contributed by atoms with Crippen LogP contribution in [0.1, 0.15) is 20.7 Å². The normalized spacial score (nSPS) is 10.5. The highest BCUT2D eigenvalue weighted by Gasteiger charge is 2.19. The van der Waals surface area contributed by atoms with E-state index in [0.717, 1.165) is 0 Å². The summed E-state index contributed by atoms with van der Waals surface area (Å²) in [5.41, 5.74) is 0.791. The van der Waals surface area contributed by atoms with Crippen molar-refractivity contribution in [2.75, 3.05) is 13.2 Å². The molecule has 0 radical (unpaired) electrons. The summed E-state index contributed by atoms with van der Waals surface area (Å²) >= 11 is 9.75. The van der Waals surface area contributed by atoms with Gasteiger partial charge in [-0.05, 0) is 36.4 Å². The summed E-state index contributed by atoms with van der Waals surface area (Å²) in [5.74, 6) is -0.788. The summed E-state index contributed by atoms with van der Waals surface area (Å²) in [5, 5.41) is 18.4. The molecule has 0 heterocycles. The maximum absolute atomic E-state index is 12.5. The number of hydrogen-bond donors (Lipinski definition) is 4. The van der Waals surface area contributed by atoms with Crippen molar-refractivity contribution in [2.45, 2.75) is 19.6 Å². The zero-order valence-electron chi connectivity index (χ0n) is 14.3. The van der Waals surface area contributed by atoms with Crippen LogP contribution >= 0.6 is 37.0 Å². The smallest absolute Gasteiger partial charge is 0.191 e. The summed E-state index contributed by atoms with van der Waals surface area (Å²) in [7, 11) is 0. The molecular weight excluding hydrogens is 400 g/mol. The molecule has 0 aliphatic carbocycles. The Labute approximate surface area is 172 Å². The number of carbonyl (C=O) groups is 2. The molecule has 0 atom stereocenters. The quantitative estimate of drug-likeness (QED) is 0.297. The summed E-state index contributed by atoms with van der Waals surface area (Å²) in [6.07, 6.45) is 0. The molecule has 2 N–H and O–H groups in total. The molecule has 2 rings (SSSR count). The molecule has 2 aromatic rings. The van der Waals surface area contributed by atoms with Gasteiger partial charge in [0.2, 0.25) is 0 Å². The van der Waals surface area contributed by atoms with Gasteiger partial charge in [0.15, 0.2) is 11.6 Å². The van der Waals surface area contributed by atoms with Crippen molar-refractivity contribution in [1.29, 1.82) is 0 Å². The lowest BCUT2D eigenvalue weighted by Gasteiger charge is -2.13. The number of aliphatic hydroxyl groups excluding tert-OH is 2. The summed E-state index contributed by atoms with van der Waals surface area (Å²) in [6, 6.07) is 10.1. The highest BCUT2D eigenvalue weighted by molar-refractivity contribution is 7.99. The third-order valence-electron chi connectivity index (χ3n) is 3.66. The van der Waals surface area contributed by atoms with Crippen molar-refractivity contribution in [3.05, 3.63) is 71.8 Å². The van der Waals surface area contributed by atoms with Crippen LogP contribution < -0.4 is 0 Å². The number of rotatable bonds is 8. The van der Waals surface area contributed by atoms with Gasteiger partial charge in [0, 0.05) is 41.9 Å². The zero-order valence-corrected chi connectivity index (χ0v) is 16.9. The summed E-state index contributed by atoms with van der Waals surface area (Å²) in [6.45, 7) is 6.26. The first-order valence-corrected chi connectivity index (χ1v) is 9.50. The van der Waals surface area contributed by atoms with Crippen LogP contribution in [0.15, 0.2) is 80.3 Å². The number of Topliss-reactive ketones (excluding diaryl/α,β-unsaturated/α-hetero) is 2. The number of thiol groups is 2. The third-order valence-corrected chi connectivity index (χ3v) is 5.37. The first-order chi connectivity index (χ1) is 12.8. The molecule has 0 saturated carbocycles. The molecule has 0 aliphatic heterocycles. The van der Waals surface area contributed by atoms with Gasteiger partial charge in [-0.3, -0.25) is 9.59 Å². The fraction of sp³-hybridized carbons (Fsp3) is 0.100. The van der Waals surface area contributed by atoms with E-state index in [4.69, 9.17) is 0 Å². The maximum atomic E-state index is 12.5. The number of ketones is 2. The van der Waals surface area contributed by atoms with Gasteiger partial charge >= 0.3 is 0 Å². The van der Waals surface area contributed by atoms with E-state index < -0.39 is 24.8 Å². The molecule has 2 aromatic carbocycles. The molecule has 0 unspecified atom stereocenters. The van der Waals surface area contributed by atoms with Gasteiger partial charge in [-0.1, -0.05) is 24.9 Å². The molecule has 0 aromatic heterocycles. The molecule has 0 amide bonds. The third kappa shape index (κ3) is 5.15. The Kier molecular flexibility index (Phi) is 7.52. The SMILES string of the molecule is C=C(CO)C(=O)c1cc(S)ccc1Sc1ccc(S)cc1C(=O)C(=C)CO. The maximum Gasteiger partial charge on any atom is 0.191 e. The highest BCUT2D eigenvalue weighted by Crippen LogP contribution is 2.36. The van der Waals surface area contributed by atoms with Gasteiger partial charge in [0.1, 0.15) is 0 Å². The molecule has 0 saturated heterocycles. The minimum atomic E-state index is -0.450. The van der Waals surface area contributed by atoms with Crippen LogP contribution in [0.5, 0.6) is 0 Å². The van der Waals surface area contributed by atoms with Crippen molar-refractivity contribution < 1.29 is 19.8 Å². The van der Waals surface area contributed by atoms with Crippen LogP contribution in [0.25, 0.3) is 0 Å². The van der Waals surface area contributed by atoms with Gasteiger partial charge in [0.05, 0.1) is 13.2 Å². The molecule has 140 valence electrons. The van der Waals surface area contributed by atoms with Crippen molar-refractivity contribution in [2.24, 2.45) is 0 Å². The first kappa shape index (κ1) is 21.5. The molecule has 0 spiro atoms. The van der Waals surface area contributed by atoms with E-state index in [0.29, 0.717) is 30.7 Å². The molecule has 7 heteroatoms. The Morgan fingerprint density at radius 3 is 1.52 bits per heavy atom. The fourth-order valence-corrected chi connectivity index (χ4v) is 3.65. The van der Waals surface area contributed by atoms with E-state index in [1.807, 2.05) is 0 Å². The van der Waals surface area contributed by atoms with Gasteiger partial charge in [0.25, 0.3) is 0 Å². The lowest BCUT2D eigenvalue weighted by Crippen LogP contribution is -2.09. The number of aliphatic hydroxyl groups is 2. The Bertz CT molecular complexity index is 859. The molecule has 0 aliphatic rings. The molecular formula is C20H18O4S3. The number of carbonyl (C=O) groups excluding carboxylic acids is 2. The average Bonchev–Trinajstić information content (AvgIpc) is 2.67.